The summed E-state index contributed by atoms with van der Waals surface area (Å²) in [6.45, 7) is 8.41. The van der Waals surface area contributed by atoms with Gasteiger partial charge in [-0.1, -0.05) is 6.92 Å². The number of ether oxygens (including phenoxy) is 1. The van der Waals surface area contributed by atoms with Crippen molar-refractivity contribution in [2.75, 3.05) is 24.6 Å². The molecule has 0 atom stereocenters. The van der Waals surface area contributed by atoms with Crippen LogP contribution in [0.25, 0.3) is 10.9 Å². The third-order valence-corrected chi connectivity index (χ3v) is 4.09. The molecule has 0 saturated heterocycles. The zero-order chi connectivity index (χ0) is 18.6. The molecule has 136 valence electrons. The van der Waals surface area contributed by atoms with E-state index < -0.39 is 11.9 Å². The number of carbonyl (C=O) groups excluding carboxylic acids is 1. The quantitative estimate of drug-likeness (QED) is 0.738. The monoisotopic (exact) mass is 347 g/mol. The van der Waals surface area contributed by atoms with Crippen molar-refractivity contribution in [2.45, 2.75) is 40.7 Å². The number of rotatable bonds is 8. The van der Waals surface area contributed by atoms with E-state index in [1.165, 1.54) is 4.90 Å². The topological polar surface area (TPSA) is 84.7 Å². The summed E-state index contributed by atoms with van der Waals surface area (Å²) >= 11 is 0. The van der Waals surface area contributed by atoms with Crippen LogP contribution in [0.1, 0.15) is 32.0 Å². The van der Waals surface area contributed by atoms with Gasteiger partial charge in [0.15, 0.2) is 0 Å². The van der Waals surface area contributed by atoms with Crippen LogP contribution in [0, 0.1) is 6.92 Å². The number of esters is 1. The molecule has 0 radical (unpaired) electrons. The number of aromatic nitrogens is 2. The molecule has 0 spiro atoms. The first-order valence-corrected chi connectivity index (χ1v) is 8.53. The van der Waals surface area contributed by atoms with Crippen LogP contribution in [-0.2, 0) is 27.3 Å². The van der Waals surface area contributed by atoms with Crippen LogP contribution in [0.2, 0.25) is 0 Å². The van der Waals surface area contributed by atoms with E-state index in [4.69, 9.17) is 4.74 Å². The Bertz CT molecular complexity index is 782. The highest BCUT2D eigenvalue weighted by atomic mass is 16.5. The van der Waals surface area contributed by atoms with Crippen molar-refractivity contribution < 1.29 is 19.4 Å². The Kier molecular flexibility index (Phi) is 6.01. The van der Waals surface area contributed by atoms with Gasteiger partial charge in [0.25, 0.3) is 0 Å². The summed E-state index contributed by atoms with van der Waals surface area (Å²) in [4.78, 5) is 24.6. The first kappa shape index (κ1) is 18.8. The van der Waals surface area contributed by atoms with Crippen molar-refractivity contribution in [3.05, 3.63) is 23.4 Å². The van der Waals surface area contributed by atoms with Crippen molar-refractivity contribution in [3.63, 3.8) is 0 Å². The molecule has 0 amide bonds. The molecule has 7 nitrogen and oxygen atoms in total. The smallest absolute Gasteiger partial charge is 0.325 e. The standard InChI is InChI=1S/C18H25N3O4/c1-5-15-13-8-12(4)16(9-14(13)19-21(15)6-2)20(10-17(22)23)11-18(24)25-7-3/h8-9H,5-7,10-11H2,1-4H3,(H,22,23). The zero-order valence-electron chi connectivity index (χ0n) is 15.2. The predicted molar refractivity (Wildman–Crippen MR) is 96.0 cm³/mol. The van der Waals surface area contributed by atoms with Gasteiger partial charge >= 0.3 is 11.9 Å². The van der Waals surface area contributed by atoms with Crippen molar-refractivity contribution in [1.29, 1.82) is 0 Å². The van der Waals surface area contributed by atoms with Gasteiger partial charge in [-0.25, -0.2) is 0 Å². The van der Waals surface area contributed by atoms with Crippen LogP contribution >= 0.6 is 0 Å². The molecule has 1 aromatic heterocycles. The van der Waals surface area contributed by atoms with Crippen LogP contribution < -0.4 is 4.90 Å². The third kappa shape index (κ3) is 4.10. The minimum absolute atomic E-state index is 0.110. The SMILES string of the molecule is CCOC(=O)CN(CC(=O)O)c1cc2nn(CC)c(CC)c2cc1C. The Balaban J connectivity index is 2.49. The van der Waals surface area contributed by atoms with E-state index in [0.717, 1.165) is 35.1 Å². The molecule has 0 fully saturated rings. The largest absolute Gasteiger partial charge is 0.480 e. The second kappa shape index (κ2) is 8.00. The fraction of sp³-hybridized carbons (Fsp3) is 0.500. The van der Waals surface area contributed by atoms with E-state index >= 15 is 0 Å². The number of aliphatic carboxylic acids is 1. The molecule has 0 unspecified atom stereocenters. The van der Waals surface area contributed by atoms with Gasteiger partial charge in [-0.3, -0.25) is 14.3 Å². The predicted octanol–water partition coefficient (Wildman–Crippen LogP) is 2.38. The van der Waals surface area contributed by atoms with Crippen molar-refractivity contribution >= 4 is 28.5 Å². The number of hydrogen-bond donors (Lipinski definition) is 1. The minimum Gasteiger partial charge on any atom is -0.480 e. The maximum atomic E-state index is 11.9. The lowest BCUT2D eigenvalue weighted by Crippen LogP contribution is -2.35. The third-order valence-electron chi connectivity index (χ3n) is 4.09. The van der Waals surface area contributed by atoms with Gasteiger partial charge < -0.3 is 14.7 Å². The number of benzene rings is 1. The van der Waals surface area contributed by atoms with E-state index in [1.54, 1.807) is 6.92 Å². The van der Waals surface area contributed by atoms with E-state index in [1.807, 2.05) is 30.7 Å². The molecule has 1 heterocycles. The molecule has 25 heavy (non-hydrogen) atoms. The number of nitrogens with zero attached hydrogens (tertiary/aromatic N) is 3. The summed E-state index contributed by atoms with van der Waals surface area (Å²) in [5.74, 6) is -1.45. The lowest BCUT2D eigenvalue weighted by Gasteiger charge is -2.23. The summed E-state index contributed by atoms with van der Waals surface area (Å²) < 4.78 is 6.93. The maximum Gasteiger partial charge on any atom is 0.325 e. The molecule has 0 aliphatic heterocycles. The number of hydrogen-bond acceptors (Lipinski definition) is 5. The zero-order valence-corrected chi connectivity index (χ0v) is 15.2. The van der Waals surface area contributed by atoms with Crippen molar-refractivity contribution in [3.8, 4) is 0 Å². The highest BCUT2D eigenvalue weighted by Crippen LogP contribution is 2.29. The van der Waals surface area contributed by atoms with Gasteiger partial charge in [-0.2, -0.15) is 5.10 Å². The molecular formula is C18H25N3O4. The molecule has 0 aliphatic carbocycles. The Hall–Kier alpha value is -2.57. The highest BCUT2D eigenvalue weighted by molar-refractivity contribution is 5.89. The summed E-state index contributed by atoms with van der Waals surface area (Å²) in [5.41, 5.74) is 3.55. The second-order valence-electron chi connectivity index (χ2n) is 5.83. The highest BCUT2D eigenvalue weighted by Gasteiger charge is 2.20. The molecule has 1 N–H and O–H groups in total. The molecule has 0 bridgehead atoms. The Labute approximate surface area is 147 Å². The second-order valence-corrected chi connectivity index (χ2v) is 5.83. The Morgan fingerprint density at radius 2 is 1.96 bits per heavy atom. The van der Waals surface area contributed by atoms with Gasteiger partial charge in [0.2, 0.25) is 0 Å². The van der Waals surface area contributed by atoms with Crippen LogP contribution in [0.4, 0.5) is 5.69 Å². The molecule has 0 saturated carbocycles. The average molecular weight is 347 g/mol. The van der Waals surface area contributed by atoms with E-state index in [0.29, 0.717) is 5.69 Å². The van der Waals surface area contributed by atoms with E-state index in [2.05, 4.69) is 12.0 Å². The van der Waals surface area contributed by atoms with E-state index in [9.17, 15) is 14.7 Å². The minimum atomic E-state index is -1.00. The van der Waals surface area contributed by atoms with Gasteiger partial charge in [0.1, 0.15) is 13.1 Å². The number of fused-ring (bicyclic) bond motifs is 1. The van der Waals surface area contributed by atoms with Crippen molar-refractivity contribution in [1.82, 2.24) is 9.78 Å². The first-order valence-electron chi connectivity index (χ1n) is 8.53. The summed E-state index contributed by atoms with van der Waals surface area (Å²) in [5, 5.41) is 14.9. The average Bonchev–Trinajstić information content (AvgIpc) is 2.89. The van der Waals surface area contributed by atoms with Crippen LogP contribution in [0.5, 0.6) is 0 Å². The van der Waals surface area contributed by atoms with Gasteiger partial charge in [0.05, 0.1) is 12.1 Å². The number of anilines is 1. The number of carboxylic acids is 1. The number of aryl methyl sites for hydroxylation is 3. The summed E-state index contributed by atoms with van der Waals surface area (Å²) in [6, 6.07) is 3.88. The van der Waals surface area contributed by atoms with Crippen molar-refractivity contribution in [2.24, 2.45) is 0 Å². The summed E-state index contributed by atoms with van der Waals surface area (Å²) in [7, 11) is 0. The van der Waals surface area contributed by atoms with Gasteiger partial charge in [0, 0.05) is 23.3 Å². The number of carbonyl (C=O) groups is 2. The molecule has 1 aromatic carbocycles. The molecule has 2 aromatic rings. The van der Waals surface area contributed by atoms with Crippen LogP contribution in [0.15, 0.2) is 12.1 Å². The maximum absolute atomic E-state index is 11.9. The fourth-order valence-electron chi connectivity index (χ4n) is 3.06. The molecule has 0 aliphatic rings. The lowest BCUT2D eigenvalue weighted by molar-refractivity contribution is -0.141. The van der Waals surface area contributed by atoms with Gasteiger partial charge in [-0.05, 0) is 44.9 Å². The van der Waals surface area contributed by atoms with Crippen LogP contribution in [0.3, 0.4) is 0 Å². The Morgan fingerprint density at radius 3 is 2.52 bits per heavy atom. The number of carboxylic acid groups (broad SMARTS) is 1. The molecule has 2 rings (SSSR count). The van der Waals surface area contributed by atoms with Crippen LogP contribution in [-0.4, -0.2) is 46.5 Å². The fourth-order valence-corrected chi connectivity index (χ4v) is 3.06. The normalized spacial score (nSPS) is 10.9. The molecule has 7 heteroatoms. The first-order chi connectivity index (χ1) is 11.9. The van der Waals surface area contributed by atoms with E-state index in [-0.39, 0.29) is 19.7 Å². The molecular weight excluding hydrogens is 322 g/mol. The summed E-state index contributed by atoms with van der Waals surface area (Å²) in [6.07, 6.45) is 0.866. The lowest BCUT2D eigenvalue weighted by atomic mass is 10.1. The Morgan fingerprint density at radius 1 is 1.24 bits per heavy atom. The van der Waals surface area contributed by atoms with Gasteiger partial charge in [-0.15, -0.1) is 0 Å².